The van der Waals surface area contributed by atoms with Crippen LogP contribution in [0.2, 0.25) is 0 Å². The van der Waals surface area contributed by atoms with Crippen molar-refractivity contribution in [3.8, 4) is 11.1 Å². The number of hydrogen-bond donors (Lipinski definition) is 3. The summed E-state index contributed by atoms with van der Waals surface area (Å²) < 4.78 is 0. The molecule has 0 aromatic heterocycles. The second-order valence-corrected chi connectivity index (χ2v) is 11.8. The van der Waals surface area contributed by atoms with E-state index in [1.165, 1.54) is 38.5 Å². The molecule has 0 saturated heterocycles. The minimum absolute atomic E-state index is 0. The smallest absolute Gasteiger partial charge is 0.326 e. The molecule has 5 nitrogen and oxygen atoms in total. The molecule has 2 aromatic carbocycles. The number of benzene rings is 2. The first-order valence-electron chi connectivity index (χ1n) is 13.2. The molecule has 0 aliphatic heterocycles. The van der Waals surface area contributed by atoms with Crippen molar-refractivity contribution >= 4 is 23.6 Å². The van der Waals surface area contributed by atoms with Crippen LogP contribution in [0.25, 0.3) is 11.1 Å². The number of carbonyl (C=O) groups is 2. The van der Waals surface area contributed by atoms with E-state index in [0.717, 1.165) is 28.2 Å². The van der Waals surface area contributed by atoms with Crippen LogP contribution in [-0.2, 0) is 11.3 Å². The van der Waals surface area contributed by atoms with Gasteiger partial charge in [0.25, 0.3) is 5.91 Å². The maximum Gasteiger partial charge on any atom is 0.326 e. The number of aryl methyl sites for hydroxylation is 1. The van der Waals surface area contributed by atoms with Gasteiger partial charge in [0.05, 0.1) is 0 Å². The summed E-state index contributed by atoms with van der Waals surface area (Å²) in [5.41, 5.74) is 4.55. The molecule has 6 heteroatoms. The van der Waals surface area contributed by atoms with Crippen molar-refractivity contribution in [2.45, 2.75) is 91.3 Å². The molecular weight excluding hydrogens is 480 g/mol. The van der Waals surface area contributed by atoms with Gasteiger partial charge in [-0.3, -0.25) is 4.79 Å². The minimum atomic E-state index is -1.00. The molecule has 2 aromatic rings. The Bertz CT molecular complexity index is 1030. The number of carboxylic acids is 1. The molecule has 0 heterocycles. The van der Waals surface area contributed by atoms with Crippen molar-refractivity contribution in [1.29, 1.82) is 0 Å². The van der Waals surface area contributed by atoms with Gasteiger partial charge in [0.2, 0.25) is 0 Å². The van der Waals surface area contributed by atoms with Crippen molar-refractivity contribution < 1.29 is 14.7 Å². The van der Waals surface area contributed by atoms with Crippen LogP contribution >= 0.6 is 11.8 Å². The lowest BCUT2D eigenvalue weighted by Crippen LogP contribution is -2.41. The lowest BCUT2D eigenvalue weighted by Gasteiger charge is -2.33. The van der Waals surface area contributed by atoms with Gasteiger partial charge in [0, 0.05) is 17.6 Å². The van der Waals surface area contributed by atoms with E-state index in [4.69, 9.17) is 0 Å². The van der Waals surface area contributed by atoms with Crippen LogP contribution < -0.4 is 10.6 Å². The highest BCUT2D eigenvalue weighted by atomic mass is 32.2. The molecule has 37 heavy (non-hydrogen) atoms. The highest BCUT2D eigenvalue weighted by Gasteiger charge is 2.25. The maximum atomic E-state index is 13.3. The second kappa shape index (κ2) is 14.6. The first-order valence-corrected chi connectivity index (χ1v) is 14.6. The van der Waals surface area contributed by atoms with E-state index in [1.54, 1.807) is 11.8 Å². The van der Waals surface area contributed by atoms with Gasteiger partial charge in [0.1, 0.15) is 6.04 Å². The Morgan fingerprint density at radius 1 is 1.08 bits per heavy atom. The quantitative estimate of drug-likeness (QED) is 0.276. The van der Waals surface area contributed by atoms with Gasteiger partial charge in [-0.25, -0.2) is 4.79 Å². The molecule has 1 aliphatic carbocycles. The summed E-state index contributed by atoms with van der Waals surface area (Å²) in [7, 11) is 0. The fourth-order valence-corrected chi connectivity index (χ4v) is 5.72. The summed E-state index contributed by atoms with van der Waals surface area (Å²) >= 11 is 1.57. The first-order chi connectivity index (χ1) is 17.2. The van der Waals surface area contributed by atoms with Crippen molar-refractivity contribution in [2.75, 3.05) is 12.0 Å². The van der Waals surface area contributed by atoms with Crippen molar-refractivity contribution in [3.05, 3.63) is 59.2 Å². The fourth-order valence-electron chi connectivity index (χ4n) is 5.25. The number of rotatable bonds is 12. The summed E-state index contributed by atoms with van der Waals surface area (Å²) in [6.07, 6.45) is 10.2. The number of nitrogens with one attached hydrogen (secondary N) is 2. The van der Waals surface area contributed by atoms with E-state index in [9.17, 15) is 14.7 Å². The Balaban J connectivity index is 0.00000481. The topological polar surface area (TPSA) is 78.4 Å². The van der Waals surface area contributed by atoms with Crippen LogP contribution in [0.5, 0.6) is 0 Å². The molecule has 1 aliphatic rings. The fraction of sp³-hybridized carbons (Fsp3) is 0.548. The molecule has 0 spiro atoms. The maximum absolute atomic E-state index is 13.3. The van der Waals surface area contributed by atoms with Gasteiger partial charge < -0.3 is 15.7 Å². The largest absolute Gasteiger partial charge is 0.480 e. The van der Waals surface area contributed by atoms with E-state index in [2.05, 4.69) is 30.5 Å². The molecular formula is C31H46N2O3S. The van der Waals surface area contributed by atoms with Crippen molar-refractivity contribution in [3.63, 3.8) is 0 Å². The summed E-state index contributed by atoms with van der Waals surface area (Å²) in [4.78, 5) is 25.0. The zero-order valence-electron chi connectivity index (χ0n) is 22.2. The van der Waals surface area contributed by atoms with Gasteiger partial charge in [0.15, 0.2) is 0 Å². The lowest BCUT2D eigenvalue weighted by atomic mass is 9.81. The van der Waals surface area contributed by atoms with Crippen LogP contribution in [0.3, 0.4) is 0 Å². The predicted octanol–water partition coefficient (Wildman–Crippen LogP) is 7.07. The summed E-state index contributed by atoms with van der Waals surface area (Å²) in [5, 5.41) is 16.1. The third kappa shape index (κ3) is 9.19. The SMILES string of the molecule is C.CSCC[C@H](NC(=O)c1ccc(CNC(C)(C)CC2CCCCC2)cc1-c1ccccc1C)C(=O)O. The highest BCUT2D eigenvalue weighted by molar-refractivity contribution is 7.98. The lowest BCUT2D eigenvalue weighted by molar-refractivity contribution is -0.139. The molecule has 204 valence electrons. The van der Waals surface area contributed by atoms with Crippen molar-refractivity contribution in [2.24, 2.45) is 5.92 Å². The summed E-state index contributed by atoms with van der Waals surface area (Å²) in [5.74, 6) is 0.112. The standard InChI is InChI=1S/C30H42N2O3S.CH4/c1-21-10-8-9-13-24(21)26-18-23(20-31-30(2,3)19-22-11-6-5-7-12-22)14-15-25(26)28(33)32-27(29(34)35)16-17-36-4;/h8-10,13-15,18,22,27,31H,5-7,11-12,16-17,19-20H2,1-4H3,(H,32,33)(H,34,35);1H4/t27-;/m0./s1. The van der Waals surface area contributed by atoms with E-state index >= 15 is 0 Å². The summed E-state index contributed by atoms with van der Waals surface area (Å²) in [6, 6.07) is 13.0. The van der Waals surface area contributed by atoms with E-state index in [0.29, 0.717) is 24.3 Å². The van der Waals surface area contributed by atoms with Crippen LogP contribution in [0.15, 0.2) is 42.5 Å². The van der Waals surface area contributed by atoms with Gasteiger partial charge in [-0.05, 0) is 85.9 Å². The molecule has 1 fully saturated rings. The van der Waals surface area contributed by atoms with E-state index in [1.807, 2.05) is 49.6 Å². The van der Waals surface area contributed by atoms with Gasteiger partial charge in [-0.1, -0.05) is 69.9 Å². The number of carboxylic acid groups (broad SMARTS) is 1. The van der Waals surface area contributed by atoms with Gasteiger partial charge >= 0.3 is 5.97 Å². The molecule has 0 unspecified atom stereocenters. The zero-order valence-corrected chi connectivity index (χ0v) is 23.0. The second-order valence-electron chi connectivity index (χ2n) is 10.8. The third-order valence-electron chi connectivity index (χ3n) is 7.27. The number of aliphatic carboxylic acids is 1. The van der Waals surface area contributed by atoms with Crippen LogP contribution in [0.4, 0.5) is 0 Å². The van der Waals surface area contributed by atoms with Crippen LogP contribution in [-0.4, -0.2) is 40.6 Å². The predicted molar refractivity (Wildman–Crippen MR) is 157 cm³/mol. The monoisotopic (exact) mass is 526 g/mol. The average Bonchev–Trinajstić information content (AvgIpc) is 2.85. The number of carbonyl (C=O) groups excluding carboxylic acids is 1. The van der Waals surface area contributed by atoms with Gasteiger partial charge in [-0.2, -0.15) is 11.8 Å². The minimum Gasteiger partial charge on any atom is -0.480 e. The molecule has 1 saturated carbocycles. The molecule has 0 bridgehead atoms. The van der Waals surface area contributed by atoms with Crippen LogP contribution in [0, 0.1) is 12.8 Å². The third-order valence-corrected chi connectivity index (χ3v) is 7.92. The average molecular weight is 527 g/mol. The summed E-state index contributed by atoms with van der Waals surface area (Å²) in [6.45, 7) is 7.32. The van der Waals surface area contributed by atoms with Crippen LogP contribution in [0.1, 0.15) is 87.7 Å². The number of amides is 1. The Morgan fingerprint density at radius 3 is 2.43 bits per heavy atom. The molecule has 1 atom stereocenters. The Kier molecular flexibility index (Phi) is 12.2. The van der Waals surface area contributed by atoms with E-state index < -0.39 is 12.0 Å². The molecule has 3 rings (SSSR count). The Hall–Kier alpha value is -2.31. The molecule has 1 amide bonds. The Labute approximate surface area is 228 Å². The van der Waals surface area contributed by atoms with E-state index in [-0.39, 0.29) is 18.9 Å². The van der Waals surface area contributed by atoms with Gasteiger partial charge in [-0.15, -0.1) is 0 Å². The Morgan fingerprint density at radius 2 is 1.78 bits per heavy atom. The first kappa shape index (κ1) is 30.9. The zero-order chi connectivity index (χ0) is 26.1. The van der Waals surface area contributed by atoms with Crippen molar-refractivity contribution in [1.82, 2.24) is 10.6 Å². The molecule has 3 N–H and O–H groups in total. The normalized spacial score (nSPS) is 15.0. The number of hydrogen-bond acceptors (Lipinski definition) is 4. The highest BCUT2D eigenvalue weighted by Crippen LogP contribution is 2.31. The molecule has 0 radical (unpaired) electrons. The number of thioether (sulfide) groups is 1.